The van der Waals surface area contributed by atoms with Crippen LogP contribution in [0.3, 0.4) is 0 Å². The molecule has 0 aliphatic heterocycles. The molecule has 3 unspecified atom stereocenters. The molecule has 5 aromatic carbocycles. The fourth-order valence-electron chi connectivity index (χ4n) is 9.96. The predicted octanol–water partition coefficient (Wildman–Crippen LogP) is 13.3. The molecule has 0 amide bonds. The average molecular weight is 993 g/mol. The number of rotatable bonds is 22. The molecule has 1 aromatic heterocycles. The number of nitrogens with zero attached hydrogens (tertiary/aromatic N) is 4. The molecule has 9 rings (SSSR count). The van der Waals surface area contributed by atoms with E-state index in [9.17, 15) is 14.4 Å². The van der Waals surface area contributed by atoms with E-state index in [1.54, 1.807) is 29.3 Å². The van der Waals surface area contributed by atoms with Crippen molar-refractivity contribution in [3.8, 4) is 17.2 Å². The first kappa shape index (κ1) is 50.3. The number of hydrogen-bond donors (Lipinski definition) is 0. The highest BCUT2D eigenvalue weighted by molar-refractivity contribution is 7.22. The summed E-state index contributed by atoms with van der Waals surface area (Å²) in [6.07, 6.45) is 14.8. The van der Waals surface area contributed by atoms with Crippen LogP contribution in [0.5, 0.6) is 17.2 Å². The Balaban J connectivity index is 0.846. The number of halogens is 1. The van der Waals surface area contributed by atoms with Crippen LogP contribution in [0.1, 0.15) is 127 Å². The van der Waals surface area contributed by atoms with Crippen LogP contribution in [0.15, 0.2) is 102 Å². The Labute approximate surface area is 424 Å². The molecule has 3 saturated carbocycles. The van der Waals surface area contributed by atoms with Crippen LogP contribution in [0.25, 0.3) is 25.8 Å². The zero-order valence-corrected chi connectivity index (χ0v) is 41.6. The lowest BCUT2D eigenvalue weighted by Gasteiger charge is -2.28. The van der Waals surface area contributed by atoms with Crippen molar-refractivity contribution in [2.24, 2.45) is 28.8 Å². The average Bonchev–Trinajstić information content (AvgIpc) is 4.05. The zero-order valence-electron chi connectivity index (χ0n) is 40.8. The number of carbonyl (C=O) groups excluding carboxylic acids is 3. The molecule has 3 aliphatic rings. The highest BCUT2D eigenvalue weighted by Gasteiger charge is 2.41. The van der Waals surface area contributed by atoms with Gasteiger partial charge in [-0.2, -0.15) is 5.10 Å². The standard InChI is InChI=1S/C58H61FN4O8S/c1-3-9-38-13-21-48(22-14-38)69-55(64)44-19-24-52(47(33-44)36-61-63(27-7-6-26-60-2)58-62-51-10-4-5-11-54(51)72-58)70-57(66)45-20-25-53(50(59)35-45)71-56(65)43-17-16-42-34-49(23-18-40(42)31-43)68-29-8-28-67-37-39-12-15-41-32-46(41)30-39/h4-5,10-11,16-20,23-25,31,33-36,38-39,41,46,48H,3,6-9,12-15,21-22,26-30,32,37H2,1H3/b61-36+. The van der Waals surface area contributed by atoms with Crippen molar-refractivity contribution in [2.75, 3.05) is 37.9 Å². The lowest BCUT2D eigenvalue weighted by atomic mass is 9.85. The maximum absolute atomic E-state index is 15.7. The summed E-state index contributed by atoms with van der Waals surface area (Å²) >= 11 is 1.47. The van der Waals surface area contributed by atoms with Crippen molar-refractivity contribution in [1.29, 1.82) is 0 Å². The highest BCUT2D eigenvalue weighted by atomic mass is 32.1. The topological polar surface area (TPSA) is 130 Å². The fourth-order valence-corrected chi connectivity index (χ4v) is 10.9. The van der Waals surface area contributed by atoms with E-state index < -0.39 is 23.7 Å². The lowest BCUT2D eigenvalue weighted by Crippen LogP contribution is -2.24. The smallest absolute Gasteiger partial charge is 0.343 e. The Morgan fingerprint density at radius 2 is 1.51 bits per heavy atom. The zero-order chi connectivity index (χ0) is 49.8. The molecule has 12 nitrogen and oxygen atoms in total. The molecule has 1 heterocycles. The van der Waals surface area contributed by atoms with Crippen molar-refractivity contribution in [2.45, 2.75) is 96.5 Å². The van der Waals surface area contributed by atoms with E-state index in [2.05, 4.69) is 11.8 Å². The number of aromatic nitrogens is 1. The van der Waals surface area contributed by atoms with Gasteiger partial charge in [0.1, 0.15) is 17.6 Å². The first-order chi connectivity index (χ1) is 35.2. The number of thiazole rings is 1. The van der Waals surface area contributed by atoms with E-state index in [4.69, 9.17) is 40.3 Å². The number of unbranched alkanes of at least 4 members (excludes halogenated alkanes) is 1. The number of anilines is 1. The third-order valence-electron chi connectivity index (χ3n) is 14.1. The molecule has 72 heavy (non-hydrogen) atoms. The Bertz CT molecular complexity index is 2910. The normalized spacial score (nSPS) is 19.4. The van der Waals surface area contributed by atoms with Crippen molar-refractivity contribution < 1.29 is 42.5 Å². The molecule has 0 N–H and O–H groups in total. The minimum Gasteiger partial charge on any atom is -0.493 e. The second-order valence-electron chi connectivity index (χ2n) is 19.4. The van der Waals surface area contributed by atoms with Crippen LogP contribution in [-0.2, 0) is 9.47 Å². The van der Waals surface area contributed by atoms with Gasteiger partial charge in [0, 0.05) is 38.2 Å². The Morgan fingerprint density at radius 3 is 2.31 bits per heavy atom. The summed E-state index contributed by atoms with van der Waals surface area (Å²) in [5.74, 6) is 0.621. The highest BCUT2D eigenvalue weighted by Crippen LogP contribution is 2.51. The molecule has 3 atom stereocenters. The fraction of sp³-hybridized carbons (Fsp3) is 0.414. The Morgan fingerprint density at radius 1 is 0.778 bits per heavy atom. The van der Waals surface area contributed by atoms with Crippen molar-refractivity contribution in [1.82, 2.24) is 4.98 Å². The minimum atomic E-state index is -0.940. The number of esters is 3. The van der Waals surface area contributed by atoms with Gasteiger partial charge in [-0.15, -0.1) is 0 Å². The number of para-hydroxylation sites is 1. The van der Waals surface area contributed by atoms with Crippen LogP contribution in [0.2, 0.25) is 0 Å². The second kappa shape index (κ2) is 24.2. The largest absolute Gasteiger partial charge is 0.493 e. The van der Waals surface area contributed by atoms with E-state index in [-0.39, 0.29) is 34.3 Å². The number of carbonyl (C=O) groups is 3. The number of ether oxygens (including phenoxy) is 5. The molecule has 0 radical (unpaired) electrons. The van der Waals surface area contributed by atoms with Gasteiger partial charge in [-0.1, -0.05) is 55.4 Å². The second-order valence-corrected chi connectivity index (χ2v) is 20.4. The van der Waals surface area contributed by atoms with Crippen molar-refractivity contribution in [3.05, 3.63) is 137 Å². The monoisotopic (exact) mass is 992 g/mol. The Hall–Kier alpha value is -6.69. The Kier molecular flexibility index (Phi) is 16.9. The molecule has 3 aliphatic carbocycles. The van der Waals surface area contributed by atoms with Gasteiger partial charge in [0.25, 0.3) is 0 Å². The SMILES string of the molecule is [C-]#[N+]CCCCN(/N=C/c1cc(C(=O)OC2CCC(CCC)CC2)ccc1OC(=O)c1ccc(OC(=O)c2ccc3cc(OCCCOCC4CCC5CC5C4)ccc3c2)c(F)c1)c1nc2ccccc2s1. The molecule has 374 valence electrons. The minimum absolute atomic E-state index is 0.0640. The summed E-state index contributed by atoms with van der Waals surface area (Å²) in [5, 5.41) is 8.80. The van der Waals surface area contributed by atoms with Crippen LogP contribution < -0.4 is 19.2 Å². The first-order valence-electron chi connectivity index (χ1n) is 25.5. The van der Waals surface area contributed by atoms with E-state index in [0.29, 0.717) is 67.4 Å². The van der Waals surface area contributed by atoms with Crippen molar-refractivity contribution in [3.63, 3.8) is 0 Å². The summed E-state index contributed by atoms with van der Waals surface area (Å²) in [5.41, 5.74) is 1.45. The molecule has 6 aromatic rings. The maximum atomic E-state index is 15.7. The quantitative estimate of drug-likeness (QED) is 0.0162. The van der Waals surface area contributed by atoms with Crippen molar-refractivity contribution >= 4 is 61.6 Å². The van der Waals surface area contributed by atoms with E-state index in [1.165, 1.54) is 73.9 Å². The lowest BCUT2D eigenvalue weighted by molar-refractivity contribution is 0.0161. The number of benzene rings is 5. The van der Waals surface area contributed by atoms with Crippen LogP contribution in [0.4, 0.5) is 9.52 Å². The molecule has 3 fully saturated rings. The third-order valence-corrected chi connectivity index (χ3v) is 15.1. The number of hydrogen-bond acceptors (Lipinski definition) is 12. The van der Waals surface area contributed by atoms with Gasteiger partial charge in [0.05, 0.1) is 39.7 Å². The first-order valence-corrected chi connectivity index (χ1v) is 26.3. The van der Waals surface area contributed by atoms with Gasteiger partial charge in [-0.3, -0.25) is 0 Å². The number of hydrazone groups is 1. The van der Waals surface area contributed by atoms with Gasteiger partial charge < -0.3 is 28.5 Å². The van der Waals surface area contributed by atoms with E-state index in [1.807, 2.05) is 42.5 Å². The van der Waals surface area contributed by atoms with E-state index >= 15 is 4.39 Å². The van der Waals surface area contributed by atoms with Crippen LogP contribution in [-0.4, -0.2) is 68.1 Å². The summed E-state index contributed by atoms with van der Waals surface area (Å²) < 4.78 is 45.9. The number of fused-ring (bicyclic) bond motifs is 3. The predicted molar refractivity (Wildman–Crippen MR) is 278 cm³/mol. The molecular formula is C58H61FN4O8S. The summed E-state index contributed by atoms with van der Waals surface area (Å²) in [6, 6.07) is 26.5. The van der Waals surface area contributed by atoms with Gasteiger partial charge >= 0.3 is 17.9 Å². The van der Waals surface area contributed by atoms with Crippen LogP contribution in [0, 0.1) is 36.1 Å². The molecule has 14 heteroatoms. The molecule has 0 spiro atoms. The van der Waals surface area contributed by atoms with Gasteiger partial charge in [-0.05, 0) is 165 Å². The van der Waals surface area contributed by atoms with Gasteiger partial charge in [-0.25, -0.2) is 35.3 Å². The summed E-state index contributed by atoms with van der Waals surface area (Å²) in [4.78, 5) is 48.9. The molecule has 0 saturated heterocycles. The van der Waals surface area contributed by atoms with Gasteiger partial charge in [0.15, 0.2) is 11.6 Å². The molecule has 0 bridgehead atoms. The van der Waals surface area contributed by atoms with Gasteiger partial charge in [0.2, 0.25) is 11.7 Å². The third kappa shape index (κ3) is 13.2. The van der Waals surface area contributed by atoms with Crippen LogP contribution >= 0.6 is 11.3 Å². The van der Waals surface area contributed by atoms with E-state index in [0.717, 1.165) is 84.0 Å². The summed E-state index contributed by atoms with van der Waals surface area (Å²) in [6.45, 7) is 12.3. The summed E-state index contributed by atoms with van der Waals surface area (Å²) in [7, 11) is 0. The maximum Gasteiger partial charge on any atom is 0.343 e. The molecular weight excluding hydrogens is 932 g/mol.